The summed E-state index contributed by atoms with van der Waals surface area (Å²) in [7, 11) is 7.83. The van der Waals surface area contributed by atoms with Crippen LogP contribution in [0.15, 0.2) is 132 Å². The van der Waals surface area contributed by atoms with E-state index in [9.17, 15) is 0 Å². The first-order valence-electron chi connectivity index (χ1n) is 17.4. The average Bonchev–Trinajstić information content (AvgIpc) is 3.25. The molecule has 4 rings (SSSR count). The first-order chi connectivity index (χ1) is 27.4. The van der Waals surface area contributed by atoms with Gasteiger partial charge in [-0.3, -0.25) is 43.3 Å². The maximum absolute atomic E-state index is 8.81. The molecule has 0 atom stereocenters. The molecule has 17 nitrogen and oxygen atoms in total. The third-order valence-electron chi connectivity index (χ3n) is 5.37. The maximum atomic E-state index is 8.81. The van der Waals surface area contributed by atoms with Gasteiger partial charge in [0.15, 0.2) is 7.05 Å². The number of hydrazine groups is 3. The van der Waals surface area contributed by atoms with Crippen molar-refractivity contribution in [3.8, 4) is 0 Å². The van der Waals surface area contributed by atoms with Crippen LogP contribution in [0.2, 0.25) is 13.6 Å². The summed E-state index contributed by atoms with van der Waals surface area (Å²) in [5, 5.41) is 35.6. The number of rotatable bonds is 7. The molecule has 0 fully saturated rings. The van der Waals surface area contributed by atoms with Gasteiger partial charge in [-0.15, -0.1) is 0 Å². The van der Waals surface area contributed by atoms with Crippen molar-refractivity contribution in [2.45, 2.75) is 34.9 Å². The molecule has 17 N–H and O–H groups in total. The number of alkyl halides is 1. The zero-order chi connectivity index (χ0) is 45.5. The number of nitrogens with zero attached hydrogens (tertiary/aromatic N) is 4. The van der Waals surface area contributed by atoms with E-state index in [-0.39, 0.29) is 7.43 Å². The molecule has 0 aliphatic heterocycles. The molecule has 0 aliphatic rings. The Labute approximate surface area is 358 Å². The molecule has 0 radical (unpaired) electrons. The summed E-state index contributed by atoms with van der Waals surface area (Å²) in [5.74, 6) is 21.5. The molecule has 0 heterocycles. The zero-order valence-corrected chi connectivity index (χ0v) is 37.1. The van der Waals surface area contributed by atoms with Crippen molar-refractivity contribution in [3.05, 3.63) is 154 Å². The SMILES string of the molecule is C.CB(O)N(C)N.CB(O)NN.CBr.CC.CN.CN.CNN.CNN=C(c1ccccc1)c1ccccc1.C[N+](=O)[O-].NN=C(c1ccccc1)c1ccccc1. The lowest BCUT2D eigenvalue weighted by Crippen LogP contribution is -2.38. The number of nitrogens with two attached hydrogens (primary N) is 6. The lowest BCUT2D eigenvalue weighted by Gasteiger charge is -2.06. The van der Waals surface area contributed by atoms with Crippen molar-refractivity contribution >= 4 is 41.5 Å². The normalized spacial score (nSPS) is 7.93. The van der Waals surface area contributed by atoms with Gasteiger partial charge in [0.25, 0.3) is 0 Å². The number of nitro groups is 1. The second-order valence-electron chi connectivity index (χ2n) is 9.49. The molecule has 58 heavy (non-hydrogen) atoms. The zero-order valence-electron chi connectivity index (χ0n) is 35.5. The van der Waals surface area contributed by atoms with Crippen molar-refractivity contribution < 1.29 is 15.0 Å². The Hall–Kier alpha value is -4.57. The Morgan fingerprint density at radius 3 is 1.03 bits per heavy atom. The summed E-state index contributed by atoms with van der Waals surface area (Å²) in [6, 6.07) is 40.2. The molecule has 0 aliphatic carbocycles. The quantitative estimate of drug-likeness (QED) is 0.0317. The van der Waals surface area contributed by atoms with Gasteiger partial charge in [0.05, 0.1) is 11.4 Å². The van der Waals surface area contributed by atoms with Crippen LogP contribution in [0, 0.1) is 10.1 Å². The maximum Gasteiger partial charge on any atom is 0.390 e. The van der Waals surface area contributed by atoms with Crippen LogP contribution in [-0.4, -0.2) is 93.5 Å². The molecule has 0 saturated heterocycles. The van der Waals surface area contributed by atoms with E-state index in [0.717, 1.165) is 40.7 Å². The number of benzene rings is 4. The molecule has 0 amide bonds. The summed E-state index contributed by atoms with van der Waals surface area (Å²) in [6.07, 6.45) is 0. The van der Waals surface area contributed by atoms with Crippen LogP contribution in [0.5, 0.6) is 0 Å². The monoisotopic (exact) mass is 878 g/mol. The van der Waals surface area contributed by atoms with Crippen LogP contribution in [0.4, 0.5) is 0 Å². The fourth-order valence-electron chi connectivity index (χ4n) is 3.11. The lowest BCUT2D eigenvalue weighted by molar-refractivity contribution is -0.445. The van der Waals surface area contributed by atoms with E-state index in [1.807, 2.05) is 124 Å². The number of hydrogen-bond donors (Lipinski definition) is 11. The molecule has 4 aromatic carbocycles. The second kappa shape index (κ2) is 54.5. The first kappa shape index (κ1) is 68.1. The summed E-state index contributed by atoms with van der Waals surface area (Å²) >= 11 is 2.94. The Bertz CT molecular complexity index is 1330. The van der Waals surface area contributed by atoms with Crippen molar-refractivity contribution in [2.24, 2.45) is 45.0 Å². The summed E-state index contributed by atoms with van der Waals surface area (Å²) in [4.78, 5) is 9.53. The van der Waals surface area contributed by atoms with E-state index in [4.69, 9.17) is 31.8 Å². The van der Waals surface area contributed by atoms with Crippen LogP contribution in [-0.2, 0) is 0 Å². The Morgan fingerprint density at radius 1 is 0.707 bits per heavy atom. The highest BCUT2D eigenvalue weighted by Crippen LogP contribution is 2.11. The molecule has 0 saturated carbocycles. The number of hydrazone groups is 2. The molecule has 0 unspecified atom stereocenters. The lowest BCUT2D eigenvalue weighted by atomic mass is 9.89. The predicted molar refractivity (Wildman–Crippen MR) is 257 cm³/mol. The third kappa shape index (κ3) is 44.1. The molecule has 0 spiro atoms. The highest BCUT2D eigenvalue weighted by Gasteiger charge is 2.06. The summed E-state index contributed by atoms with van der Waals surface area (Å²) in [6.45, 7) is 7.14. The summed E-state index contributed by atoms with van der Waals surface area (Å²) < 4.78 is 0. The van der Waals surface area contributed by atoms with Crippen LogP contribution in [0.25, 0.3) is 0 Å². The van der Waals surface area contributed by atoms with Gasteiger partial charge >= 0.3 is 14.1 Å². The summed E-state index contributed by atoms with van der Waals surface area (Å²) in [5.41, 5.74) is 20.2. The molecule has 0 aromatic heterocycles. The van der Waals surface area contributed by atoms with Crippen molar-refractivity contribution in [1.82, 2.24) is 21.1 Å². The van der Waals surface area contributed by atoms with Gasteiger partial charge in [0.1, 0.15) is 0 Å². The molecular weight excluding hydrogens is 804 g/mol. The topological polar surface area (TPSA) is 304 Å². The number of hydrogen-bond acceptors (Lipinski definition) is 16. The highest BCUT2D eigenvalue weighted by molar-refractivity contribution is 9.08. The van der Waals surface area contributed by atoms with Gasteiger partial charge < -0.3 is 32.8 Å². The molecule has 4 aromatic rings. The van der Waals surface area contributed by atoms with Gasteiger partial charge in [-0.25, -0.2) is 0 Å². The van der Waals surface area contributed by atoms with Crippen molar-refractivity contribution in [1.29, 1.82) is 0 Å². The Morgan fingerprint density at radius 2 is 0.897 bits per heavy atom. The predicted octanol–water partition coefficient (Wildman–Crippen LogP) is 3.31. The Kier molecular flexibility index (Phi) is 64.1. The average molecular weight is 879 g/mol. The number of nitrogens with one attached hydrogen (secondary N) is 3. The number of halogens is 1. The largest absolute Gasteiger partial charge is 0.437 e. The fourth-order valence-corrected chi connectivity index (χ4v) is 3.11. The van der Waals surface area contributed by atoms with Crippen LogP contribution < -0.4 is 51.0 Å². The van der Waals surface area contributed by atoms with E-state index >= 15 is 0 Å². The van der Waals surface area contributed by atoms with E-state index in [1.54, 1.807) is 27.7 Å². The minimum Gasteiger partial charge on any atom is -0.437 e. The fraction of sp³-hybridized carbons (Fsp3) is 0.316. The van der Waals surface area contributed by atoms with E-state index < -0.39 is 19.0 Å². The van der Waals surface area contributed by atoms with Crippen molar-refractivity contribution in [2.75, 3.05) is 48.1 Å². The van der Waals surface area contributed by atoms with Crippen LogP contribution in [0.3, 0.4) is 0 Å². The minimum atomic E-state index is -0.588. The van der Waals surface area contributed by atoms with E-state index in [1.165, 1.54) is 19.0 Å². The van der Waals surface area contributed by atoms with Crippen LogP contribution in [0.1, 0.15) is 43.5 Å². The standard InChI is InChI=1S/C14H14N2.C13H12N2.C2H9BN2O.C2H6.CH7BN2O.CH3Br.CH6N2.CH3NO2.2CH5N.CH4/c1-15-16-14(12-8-4-2-5-9-12)13-10-6-3-7-11-13;14-15-13(11-7-3-1-4-8-11)12-9-5-2-6-10-12;1-3(6)5(2)4;1-2;1-2(5)4-3;1-2;1-3-2;1-2(3)4;2*1-2;/h2-11,15H,1H3;1-10H,14H2;6H,4H2,1-2H3;1-2H3;4-5H,3H2,1H3;1H3;3H,2H2,1H3;1H3;2*2H2,1H3;1H4. The van der Waals surface area contributed by atoms with Crippen molar-refractivity contribution in [3.63, 3.8) is 0 Å². The van der Waals surface area contributed by atoms with Gasteiger partial charge in [-0.05, 0) is 47.7 Å². The molecule has 0 bridgehead atoms. The van der Waals surface area contributed by atoms with E-state index in [2.05, 4.69) is 89.7 Å². The first-order valence-corrected chi connectivity index (χ1v) is 19.0. The molecule has 20 heteroatoms. The Balaban J connectivity index is -0.000000113. The molecular formula is C38H74B2BrN13O4. The van der Waals surface area contributed by atoms with Crippen LogP contribution >= 0.6 is 15.9 Å². The van der Waals surface area contributed by atoms with Gasteiger partial charge in [-0.2, -0.15) is 10.2 Å². The van der Waals surface area contributed by atoms with Gasteiger partial charge in [0, 0.05) is 34.2 Å². The minimum absolute atomic E-state index is 0. The molecule has 328 valence electrons. The second-order valence-corrected chi connectivity index (χ2v) is 9.49. The van der Waals surface area contributed by atoms with E-state index in [0.29, 0.717) is 0 Å². The van der Waals surface area contributed by atoms with Gasteiger partial charge in [-0.1, -0.05) is 159 Å². The third-order valence-corrected chi connectivity index (χ3v) is 5.37. The highest BCUT2D eigenvalue weighted by atomic mass is 79.9. The van der Waals surface area contributed by atoms with Gasteiger partial charge in [0.2, 0.25) is 0 Å². The smallest absolute Gasteiger partial charge is 0.390 e.